The molecule has 6 heteroatoms. The summed E-state index contributed by atoms with van der Waals surface area (Å²) < 4.78 is 28.6. The molecule has 0 radical (unpaired) electrons. The minimum absolute atomic E-state index is 0.136. The third-order valence-corrected chi connectivity index (χ3v) is 5.73. The maximum absolute atomic E-state index is 11.5. The third kappa shape index (κ3) is 4.60. The van der Waals surface area contributed by atoms with Crippen LogP contribution < -0.4 is 10.5 Å². The highest BCUT2D eigenvalue weighted by Crippen LogP contribution is 2.26. The Morgan fingerprint density at radius 1 is 1.08 bits per heavy atom. The van der Waals surface area contributed by atoms with Gasteiger partial charge in [0.2, 0.25) is 0 Å². The molecule has 2 aromatic carbocycles. The molecule has 0 unspecified atom stereocenters. The molecule has 2 aromatic rings. The van der Waals surface area contributed by atoms with Crippen LogP contribution in [0.25, 0.3) is 0 Å². The van der Waals surface area contributed by atoms with Crippen LogP contribution in [0.15, 0.2) is 59.5 Å². The summed E-state index contributed by atoms with van der Waals surface area (Å²) in [6, 6.07) is 17.0. The van der Waals surface area contributed by atoms with Gasteiger partial charge in [-0.2, -0.15) is 0 Å². The van der Waals surface area contributed by atoms with Crippen LogP contribution in [-0.2, 0) is 9.84 Å². The molecule has 0 aromatic heterocycles. The molecule has 1 aliphatic heterocycles. The summed E-state index contributed by atoms with van der Waals surface area (Å²) in [5, 5.41) is 0. The molecule has 134 valence electrons. The summed E-state index contributed by atoms with van der Waals surface area (Å²) in [5.41, 5.74) is 7.59. The van der Waals surface area contributed by atoms with Crippen molar-refractivity contribution in [3.8, 4) is 5.75 Å². The van der Waals surface area contributed by atoms with Crippen LogP contribution in [0.2, 0.25) is 0 Å². The van der Waals surface area contributed by atoms with Gasteiger partial charge in [0, 0.05) is 37.8 Å². The van der Waals surface area contributed by atoms with Gasteiger partial charge in [-0.1, -0.05) is 30.3 Å². The Morgan fingerprint density at radius 3 is 2.40 bits per heavy atom. The molecule has 1 heterocycles. The second-order valence-corrected chi connectivity index (χ2v) is 8.55. The molecule has 25 heavy (non-hydrogen) atoms. The Kier molecular flexibility index (Phi) is 5.42. The van der Waals surface area contributed by atoms with Crippen LogP contribution in [-0.4, -0.2) is 51.9 Å². The first kappa shape index (κ1) is 17.9. The second kappa shape index (κ2) is 7.56. The molecular weight excluding hydrogens is 336 g/mol. The lowest BCUT2D eigenvalue weighted by atomic mass is 9.95. The van der Waals surface area contributed by atoms with Gasteiger partial charge in [0.1, 0.15) is 12.4 Å². The standard InChI is InChI=1S/C19H24N2O3S/c1-25(22,23)17-9-7-16(8-10-17)24-12-11-21-13-18(19(20)14-21)15-5-3-2-4-6-15/h2-10,18-19H,11-14,20H2,1H3/t18-,19+/m0/s1. The molecular formula is C19H24N2O3S. The van der Waals surface area contributed by atoms with Crippen molar-refractivity contribution >= 4 is 9.84 Å². The van der Waals surface area contributed by atoms with Crippen molar-refractivity contribution in [1.82, 2.24) is 4.90 Å². The lowest BCUT2D eigenvalue weighted by Crippen LogP contribution is -2.30. The fourth-order valence-electron chi connectivity index (χ4n) is 3.22. The molecule has 1 saturated heterocycles. The first-order valence-electron chi connectivity index (χ1n) is 8.39. The Hall–Kier alpha value is -1.89. The summed E-state index contributed by atoms with van der Waals surface area (Å²) in [4.78, 5) is 2.61. The van der Waals surface area contributed by atoms with E-state index in [9.17, 15) is 8.42 Å². The lowest BCUT2D eigenvalue weighted by Gasteiger charge is -2.16. The van der Waals surface area contributed by atoms with E-state index in [0.717, 1.165) is 19.6 Å². The van der Waals surface area contributed by atoms with Crippen molar-refractivity contribution in [3.63, 3.8) is 0 Å². The first-order valence-corrected chi connectivity index (χ1v) is 10.3. The highest BCUT2D eigenvalue weighted by molar-refractivity contribution is 7.90. The zero-order valence-corrected chi connectivity index (χ0v) is 15.2. The van der Waals surface area contributed by atoms with Crippen molar-refractivity contribution in [2.24, 2.45) is 5.73 Å². The Bertz CT molecular complexity index is 791. The monoisotopic (exact) mass is 360 g/mol. The van der Waals surface area contributed by atoms with Gasteiger partial charge < -0.3 is 10.5 Å². The normalized spacial score (nSPS) is 21.4. The number of ether oxygens (including phenoxy) is 1. The van der Waals surface area contributed by atoms with Crippen LogP contribution in [0.4, 0.5) is 0 Å². The highest BCUT2D eigenvalue weighted by Gasteiger charge is 2.30. The molecule has 0 amide bonds. The number of nitrogens with two attached hydrogens (primary N) is 1. The average molecular weight is 360 g/mol. The van der Waals surface area contributed by atoms with Gasteiger partial charge in [-0.15, -0.1) is 0 Å². The third-order valence-electron chi connectivity index (χ3n) is 4.60. The lowest BCUT2D eigenvalue weighted by molar-refractivity contribution is 0.235. The van der Waals surface area contributed by atoms with Crippen molar-refractivity contribution < 1.29 is 13.2 Å². The van der Waals surface area contributed by atoms with Crippen LogP contribution in [0.1, 0.15) is 11.5 Å². The summed E-state index contributed by atoms with van der Waals surface area (Å²) in [6.45, 7) is 3.13. The predicted octanol–water partition coefficient (Wildman–Crippen LogP) is 1.90. The van der Waals surface area contributed by atoms with Crippen LogP contribution in [0, 0.1) is 0 Å². The average Bonchev–Trinajstić information content (AvgIpc) is 2.96. The molecule has 0 bridgehead atoms. The number of hydrogen-bond acceptors (Lipinski definition) is 5. The van der Waals surface area contributed by atoms with Crippen molar-refractivity contribution in [2.75, 3.05) is 32.5 Å². The Balaban J connectivity index is 1.50. The van der Waals surface area contributed by atoms with E-state index in [4.69, 9.17) is 10.5 Å². The predicted molar refractivity (Wildman–Crippen MR) is 98.6 cm³/mol. The zero-order valence-electron chi connectivity index (χ0n) is 14.3. The summed E-state index contributed by atoms with van der Waals surface area (Å²) >= 11 is 0. The zero-order chi connectivity index (χ0) is 17.9. The summed E-state index contributed by atoms with van der Waals surface area (Å²) in [5.74, 6) is 1.03. The topological polar surface area (TPSA) is 72.6 Å². The maximum Gasteiger partial charge on any atom is 0.175 e. The number of benzene rings is 2. The van der Waals surface area contributed by atoms with Gasteiger partial charge in [-0.25, -0.2) is 8.42 Å². The van der Waals surface area contributed by atoms with Gasteiger partial charge in [-0.05, 0) is 29.8 Å². The van der Waals surface area contributed by atoms with E-state index in [1.54, 1.807) is 24.3 Å². The number of likely N-dealkylation sites (tertiary alicyclic amines) is 1. The number of hydrogen-bond donors (Lipinski definition) is 1. The van der Waals surface area contributed by atoms with Crippen molar-refractivity contribution in [1.29, 1.82) is 0 Å². The van der Waals surface area contributed by atoms with Crippen molar-refractivity contribution in [3.05, 3.63) is 60.2 Å². The van der Waals surface area contributed by atoms with Crippen LogP contribution in [0.5, 0.6) is 5.75 Å². The van der Waals surface area contributed by atoms with E-state index in [-0.39, 0.29) is 6.04 Å². The van der Waals surface area contributed by atoms with Gasteiger partial charge in [0.05, 0.1) is 4.90 Å². The fraction of sp³-hybridized carbons (Fsp3) is 0.368. The fourth-order valence-corrected chi connectivity index (χ4v) is 3.86. The quantitative estimate of drug-likeness (QED) is 0.852. The molecule has 1 aliphatic rings. The van der Waals surface area contributed by atoms with E-state index < -0.39 is 9.84 Å². The minimum Gasteiger partial charge on any atom is -0.492 e. The van der Waals surface area contributed by atoms with Gasteiger partial charge in [0.25, 0.3) is 0 Å². The molecule has 2 atom stereocenters. The largest absolute Gasteiger partial charge is 0.492 e. The number of nitrogens with zero attached hydrogens (tertiary/aromatic N) is 1. The smallest absolute Gasteiger partial charge is 0.175 e. The molecule has 3 rings (SSSR count). The van der Waals surface area contributed by atoms with Gasteiger partial charge in [0.15, 0.2) is 9.84 Å². The van der Waals surface area contributed by atoms with E-state index >= 15 is 0 Å². The summed E-state index contributed by atoms with van der Waals surface area (Å²) in [6.07, 6.45) is 1.20. The van der Waals surface area contributed by atoms with Gasteiger partial charge >= 0.3 is 0 Å². The Morgan fingerprint density at radius 2 is 1.76 bits per heavy atom. The van der Waals surface area contributed by atoms with Crippen molar-refractivity contribution in [2.45, 2.75) is 16.9 Å². The molecule has 0 spiro atoms. The van der Waals surface area contributed by atoms with Crippen LogP contribution in [0.3, 0.4) is 0 Å². The SMILES string of the molecule is CS(=O)(=O)c1ccc(OCCN2C[C@@H](N)[C@H](c3ccccc3)C2)cc1. The van der Waals surface area contributed by atoms with E-state index in [1.165, 1.54) is 11.8 Å². The molecule has 0 aliphatic carbocycles. The number of sulfone groups is 1. The van der Waals surface area contributed by atoms with E-state index in [0.29, 0.717) is 23.2 Å². The molecule has 5 nitrogen and oxygen atoms in total. The van der Waals surface area contributed by atoms with E-state index in [2.05, 4.69) is 17.0 Å². The Labute approximate surface area is 149 Å². The van der Waals surface area contributed by atoms with E-state index in [1.807, 2.05) is 18.2 Å². The molecule has 1 fully saturated rings. The maximum atomic E-state index is 11.5. The highest BCUT2D eigenvalue weighted by atomic mass is 32.2. The molecule has 2 N–H and O–H groups in total. The van der Waals surface area contributed by atoms with Gasteiger partial charge in [-0.3, -0.25) is 4.90 Å². The minimum atomic E-state index is -3.17. The second-order valence-electron chi connectivity index (χ2n) is 6.53. The molecule has 0 saturated carbocycles. The summed E-state index contributed by atoms with van der Waals surface area (Å²) in [7, 11) is -3.17. The number of rotatable bonds is 6. The van der Waals surface area contributed by atoms with Crippen LogP contribution >= 0.6 is 0 Å². The first-order chi connectivity index (χ1) is 11.9.